The third-order valence-corrected chi connectivity index (χ3v) is 2.60. The van der Waals surface area contributed by atoms with Crippen LogP contribution in [0.4, 0.5) is 5.95 Å². The smallest absolute Gasteiger partial charge is 0.261 e. The predicted molar refractivity (Wildman–Crippen MR) is 70.4 cm³/mol. The molecule has 0 bridgehead atoms. The molecule has 106 valence electrons. The van der Waals surface area contributed by atoms with E-state index in [9.17, 15) is 4.79 Å². The fourth-order valence-corrected chi connectivity index (χ4v) is 1.65. The summed E-state index contributed by atoms with van der Waals surface area (Å²) >= 11 is 0. The first-order chi connectivity index (χ1) is 9.69. The molecule has 0 unspecified atom stereocenters. The molecule has 1 heterocycles. The van der Waals surface area contributed by atoms with E-state index in [1.807, 2.05) is 0 Å². The van der Waals surface area contributed by atoms with E-state index in [0.29, 0.717) is 22.8 Å². The van der Waals surface area contributed by atoms with Gasteiger partial charge in [-0.3, -0.25) is 10.1 Å². The summed E-state index contributed by atoms with van der Waals surface area (Å²) in [6, 6.07) is 3.11. The van der Waals surface area contributed by atoms with Crippen LogP contribution in [0.3, 0.4) is 0 Å². The van der Waals surface area contributed by atoms with E-state index in [2.05, 4.69) is 20.5 Å². The van der Waals surface area contributed by atoms with Gasteiger partial charge in [0.1, 0.15) is 12.1 Å². The number of anilines is 1. The lowest BCUT2D eigenvalue weighted by Gasteiger charge is -2.13. The minimum atomic E-state index is -0.403. The van der Waals surface area contributed by atoms with Crippen LogP contribution in [0, 0.1) is 0 Å². The van der Waals surface area contributed by atoms with Crippen molar-refractivity contribution in [1.29, 1.82) is 0 Å². The second-order valence-electron chi connectivity index (χ2n) is 3.70. The number of hydrogen-bond donors (Lipinski definition) is 2. The minimum Gasteiger partial charge on any atom is -0.496 e. The molecule has 2 aromatic rings. The Labute approximate surface area is 115 Å². The molecule has 0 fully saturated rings. The third-order valence-electron chi connectivity index (χ3n) is 2.60. The highest BCUT2D eigenvalue weighted by Gasteiger charge is 2.18. The molecule has 1 aromatic carbocycles. The van der Waals surface area contributed by atoms with Gasteiger partial charge in [0.15, 0.2) is 11.5 Å². The summed E-state index contributed by atoms with van der Waals surface area (Å²) in [7, 11) is 4.46. The molecule has 0 radical (unpaired) electrons. The number of rotatable bonds is 5. The van der Waals surface area contributed by atoms with Crippen LogP contribution in [0.15, 0.2) is 18.5 Å². The lowest BCUT2D eigenvalue weighted by atomic mass is 10.1. The molecule has 1 aromatic heterocycles. The summed E-state index contributed by atoms with van der Waals surface area (Å²) in [5.74, 6) is 1.10. The maximum atomic E-state index is 12.2. The van der Waals surface area contributed by atoms with Crippen LogP contribution in [-0.2, 0) is 0 Å². The quantitative estimate of drug-likeness (QED) is 0.849. The SMILES string of the molecule is COc1cc(OC)c(C(=O)Nc2ncn[nH]2)cc1OC. The zero-order valence-electron chi connectivity index (χ0n) is 11.3. The van der Waals surface area contributed by atoms with Gasteiger partial charge in [-0.05, 0) is 0 Å². The second-order valence-corrected chi connectivity index (χ2v) is 3.70. The average molecular weight is 278 g/mol. The first-order valence-electron chi connectivity index (χ1n) is 5.66. The summed E-state index contributed by atoms with van der Waals surface area (Å²) in [5.41, 5.74) is 0.293. The monoisotopic (exact) mass is 278 g/mol. The lowest BCUT2D eigenvalue weighted by molar-refractivity contribution is 0.102. The van der Waals surface area contributed by atoms with Crippen LogP contribution >= 0.6 is 0 Å². The normalized spacial score (nSPS) is 9.95. The lowest BCUT2D eigenvalue weighted by Crippen LogP contribution is -2.14. The van der Waals surface area contributed by atoms with E-state index >= 15 is 0 Å². The largest absolute Gasteiger partial charge is 0.496 e. The van der Waals surface area contributed by atoms with Gasteiger partial charge < -0.3 is 14.2 Å². The Morgan fingerprint density at radius 1 is 1.10 bits per heavy atom. The van der Waals surface area contributed by atoms with Crippen LogP contribution in [0.1, 0.15) is 10.4 Å². The van der Waals surface area contributed by atoms with Crippen LogP contribution in [-0.4, -0.2) is 42.4 Å². The van der Waals surface area contributed by atoms with Gasteiger partial charge >= 0.3 is 0 Å². The van der Waals surface area contributed by atoms with Crippen LogP contribution in [0.5, 0.6) is 17.2 Å². The third kappa shape index (κ3) is 2.63. The number of carbonyl (C=O) groups is 1. The van der Waals surface area contributed by atoms with Gasteiger partial charge in [0.2, 0.25) is 5.95 Å². The molecule has 2 rings (SSSR count). The van der Waals surface area contributed by atoms with Crippen molar-refractivity contribution >= 4 is 11.9 Å². The standard InChI is InChI=1S/C12H14N4O4/c1-18-8-5-10(20-3)9(19-2)4-7(8)11(17)15-12-13-6-14-16-12/h4-6H,1-3H3,(H2,13,14,15,16,17). The number of amides is 1. The van der Waals surface area contributed by atoms with Crippen molar-refractivity contribution in [2.75, 3.05) is 26.6 Å². The summed E-state index contributed by atoms with van der Waals surface area (Å²) in [4.78, 5) is 16.0. The Morgan fingerprint density at radius 2 is 1.75 bits per heavy atom. The summed E-state index contributed by atoms with van der Waals surface area (Å²) in [6.07, 6.45) is 1.29. The molecule has 8 heteroatoms. The number of methoxy groups -OCH3 is 3. The summed E-state index contributed by atoms with van der Waals surface area (Å²) < 4.78 is 15.5. The number of aromatic nitrogens is 3. The Bertz CT molecular complexity index is 598. The van der Waals surface area contributed by atoms with Crippen LogP contribution < -0.4 is 19.5 Å². The fraction of sp³-hybridized carbons (Fsp3) is 0.250. The van der Waals surface area contributed by atoms with Crippen LogP contribution in [0.2, 0.25) is 0 Å². The molecule has 0 aliphatic carbocycles. The van der Waals surface area contributed by atoms with Gasteiger partial charge in [-0.25, -0.2) is 5.10 Å². The number of nitrogens with zero attached hydrogens (tertiary/aromatic N) is 2. The molecular weight excluding hydrogens is 264 g/mol. The second kappa shape index (κ2) is 5.91. The number of carbonyl (C=O) groups excluding carboxylic acids is 1. The van der Waals surface area contributed by atoms with E-state index in [4.69, 9.17) is 14.2 Å². The van der Waals surface area contributed by atoms with Crippen LogP contribution in [0.25, 0.3) is 0 Å². The molecule has 1 amide bonds. The molecular formula is C12H14N4O4. The average Bonchev–Trinajstić information content (AvgIpc) is 2.98. The minimum absolute atomic E-state index is 0.242. The molecule has 0 aliphatic heterocycles. The van der Waals surface area contributed by atoms with Gasteiger partial charge in [0.05, 0.1) is 26.9 Å². The number of nitrogens with one attached hydrogen (secondary N) is 2. The highest BCUT2D eigenvalue weighted by molar-refractivity contribution is 6.05. The van der Waals surface area contributed by atoms with E-state index in [1.54, 1.807) is 6.07 Å². The predicted octanol–water partition coefficient (Wildman–Crippen LogP) is 1.08. The molecule has 0 atom stereocenters. The number of hydrogen-bond acceptors (Lipinski definition) is 6. The highest BCUT2D eigenvalue weighted by atomic mass is 16.5. The van der Waals surface area contributed by atoms with Crippen molar-refractivity contribution < 1.29 is 19.0 Å². The van der Waals surface area contributed by atoms with Crippen molar-refractivity contribution in [1.82, 2.24) is 15.2 Å². The van der Waals surface area contributed by atoms with E-state index < -0.39 is 5.91 Å². The number of H-pyrrole nitrogens is 1. The molecule has 2 N–H and O–H groups in total. The first kappa shape index (κ1) is 13.7. The molecule has 0 aliphatic rings. The van der Waals surface area contributed by atoms with Gasteiger partial charge in [-0.15, -0.1) is 0 Å². The Morgan fingerprint density at radius 3 is 2.30 bits per heavy atom. The Balaban J connectivity index is 2.36. The molecule has 0 saturated heterocycles. The van der Waals surface area contributed by atoms with Crippen molar-refractivity contribution in [2.45, 2.75) is 0 Å². The zero-order valence-corrected chi connectivity index (χ0v) is 11.3. The molecule has 0 spiro atoms. The van der Waals surface area contributed by atoms with E-state index in [1.165, 1.54) is 33.7 Å². The molecule has 20 heavy (non-hydrogen) atoms. The van der Waals surface area contributed by atoms with Gasteiger partial charge in [0, 0.05) is 12.1 Å². The molecule has 0 saturated carbocycles. The Kier molecular flexibility index (Phi) is 4.04. The maximum Gasteiger partial charge on any atom is 0.261 e. The van der Waals surface area contributed by atoms with Crippen molar-refractivity contribution in [2.24, 2.45) is 0 Å². The van der Waals surface area contributed by atoms with Gasteiger partial charge in [-0.2, -0.15) is 10.1 Å². The van der Waals surface area contributed by atoms with E-state index in [-0.39, 0.29) is 5.95 Å². The molecule has 8 nitrogen and oxygen atoms in total. The number of aromatic amines is 1. The summed E-state index contributed by atoms with van der Waals surface area (Å²) in [6.45, 7) is 0. The topological polar surface area (TPSA) is 98.4 Å². The Hall–Kier alpha value is -2.77. The van der Waals surface area contributed by atoms with Crippen molar-refractivity contribution in [3.8, 4) is 17.2 Å². The number of ether oxygens (including phenoxy) is 3. The van der Waals surface area contributed by atoms with Crippen molar-refractivity contribution in [3.63, 3.8) is 0 Å². The van der Waals surface area contributed by atoms with E-state index in [0.717, 1.165) is 0 Å². The number of benzene rings is 1. The van der Waals surface area contributed by atoms with Crippen molar-refractivity contribution in [3.05, 3.63) is 24.0 Å². The van der Waals surface area contributed by atoms with Gasteiger partial charge in [-0.1, -0.05) is 0 Å². The zero-order chi connectivity index (χ0) is 14.5. The van der Waals surface area contributed by atoms with Gasteiger partial charge in [0.25, 0.3) is 5.91 Å². The summed E-state index contributed by atoms with van der Waals surface area (Å²) in [5, 5.41) is 8.74. The highest BCUT2D eigenvalue weighted by Crippen LogP contribution is 2.34. The maximum absolute atomic E-state index is 12.2. The fourth-order valence-electron chi connectivity index (χ4n) is 1.65. The first-order valence-corrected chi connectivity index (χ1v) is 5.66.